The lowest BCUT2D eigenvalue weighted by atomic mass is 10.0. The minimum Gasteiger partial charge on any atom is -0.466 e. The number of halogens is 2. The summed E-state index contributed by atoms with van der Waals surface area (Å²) in [5.74, 6) is -0.654. The van der Waals surface area contributed by atoms with E-state index in [0.717, 1.165) is 42.4 Å². The highest BCUT2D eigenvalue weighted by Crippen LogP contribution is 2.32. The first kappa shape index (κ1) is 44.4. The van der Waals surface area contributed by atoms with E-state index in [2.05, 4.69) is 134 Å². The van der Waals surface area contributed by atoms with Gasteiger partial charge in [-0.2, -0.15) is 0 Å². The van der Waals surface area contributed by atoms with Gasteiger partial charge in [0.25, 0.3) is 0 Å². The summed E-state index contributed by atoms with van der Waals surface area (Å²) in [5, 5.41) is 4.51. The lowest BCUT2D eigenvalue weighted by Gasteiger charge is -2.25. The van der Waals surface area contributed by atoms with Crippen LogP contribution in [0.4, 0.5) is 0 Å². The Morgan fingerprint density at radius 2 is 1.20 bits per heavy atom. The SMILES string of the molecule is COC(=O)/C=C/c1ccc([C@@H]2CCCN2)cc1.COC(=O)/C=C/c1ccc([C@@H]2CCCN2CCc2ccc(C)cc2)cc1.Cc1ccc(CCBr)cc1.Cl. The number of benzene rings is 4. The number of carbonyl (C=O) groups is 2. The van der Waals surface area contributed by atoms with Crippen LogP contribution in [0.5, 0.6) is 0 Å². The molecule has 1 N–H and O–H groups in total. The largest absolute Gasteiger partial charge is 0.466 e. The quantitative estimate of drug-likeness (QED) is 0.0924. The fourth-order valence-corrected chi connectivity index (χ4v) is 6.92. The third-order valence-electron chi connectivity index (χ3n) is 9.62. The van der Waals surface area contributed by atoms with Crippen molar-refractivity contribution < 1.29 is 19.1 Å². The maximum absolute atomic E-state index is 11.2. The van der Waals surface area contributed by atoms with Crippen molar-refractivity contribution in [2.45, 2.75) is 64.5 Å². The van der Waals surface area contributed by atoms with Crippen LogP contribution >= 0.6 is 28.3 Å². The number of methoxy groups -OCH3 is 2. The van der Waals surface area contributed by atoms with Gasteiger partial charge in [0.15, 0.2) is 0 Å². The summed E-state index contributed by atoms with van der Waals surface area (Å²) in [6.07, 6.45) is 13.6. The topological polar surface area (TPSA) is 67.9 Å². The fourth-order valence-electron chi connectivity index (χ4n) is 6.46. The Labute approximate surface area is 337 Å². The van der Waals surface area contributed by atoms with Crippen LogP contribution in [0.25, 0.3) is 12.2 Å². The van der Waals surface area contributed by atoms with Crippen LogP contribution in [0.1, 0.15) is 82.3 Å². The number of ether oxygens (including phenoxy) is 2. The van der Waals surface area contributed by atoms with E-state index in [1.165, 1.54) is 92.0 Å². The molecule has 2 atom stereocenters. The molecule has 2 aliphatic heterocycles. The summed E-state index contributed by atoms with van der Waals surface area (Å²) in [4.78, 5) is 24.7. The Hall–Kier alpha value is -4.01. The molecule has 0 unspecified atom stereocenters. The number of hydrogen-bond donors (Lipinski definition) is 1. The van der Waals surface area contributed by atoms with Gasteiger partial charge in [-0.05, 0) is 111 Å². The average Bonchev–Trinajstić information content (AvgIpc) is 3.91. The molecule has 2 aliphatic rings. The lowest BCUT2D eigenvalue weighted by Crippen LogP contribution is -2.25. The van der Waals surface area contributed by atoms with Gasteiger partial charge in [0, 0.05) is 36.1 Å². The Bertz CT molecular complexity index is 1730. The van der Waals surface area contributed by atoms with E-state index in [0.29, 0.717) is 12.1 Å². The highest BCUT2D eigenvalue weighted by molar-refractivity contribution is 9.09. The Morgan fingerprint density at radius 1 is 0.704 bits per heavy atom. The second-order valence-electron chi connectivity index (χ2n) is 13.5. The van der Waals surface area contributed by atoms with Gasteiger partial charge in [-0.3, -0.25) is 4.90 Å². The molecule has 0 amide bonds. The number of carbonyl (C=O) groups excluding carboxylic acids is 2. The van der Waals surface area contributed by atoms with Gasteiger partial charge in [0.2, 0.25) is 0 Å². The van der Waals surface area contributed by atoms with Crippen molar-refractivity contribution in [1.82, 2.24) is 10.2 Å². The normalized spacial score (nSPS) is 16.5. The Morgan fingerprint density at radius 3 is 1.67 bits per heavy atom. The molecule has 0 aliphatic carbocycles. The molecule has 2 heterocycles. The summed E-state index contributed by atoms with van der Waals surface area (Å²) in [6.45, 7) is 7.61. The number of esters is 2. The number of aryl methyl sites for hydroxylation is 3. The maximum Gasteiger partial charge on any atom is 0.330 e. The first-order chi connectivity index (χ1) is 25.8. The number of likely N-dealkylation sites (tertiary alicyclic amines) is 1. The number of hydrogen-bond acceptors (Lipinski definition) is 6. The van der Waals surface area contributed by atoms with Crippen molar-refractivity contribution in [2.24, 2.45) is 0 Å². The van der Waals surface area contributed by atoms with Crippen molar-refractivity contribution in [3.05, 3.63) is 154 Å². The summed E-state index contributed by atoms with van der Waals surface area (Å²) in [7, 11) is 2.77. The van der Waals surface area contributed by atoms with Crippen molar-refractivity contribution in [1.29, 1.82) is 0 Å². The van der Waals surface area contributed by atoms with Gasteiger partial charge in [-0.25, -0.2) is 9.59 Å². The molecule has 0 spiro atoms. The molecular weight excluding hydrogens is 760 g/mol. The molecule has 288 valence electrons. The zero-order valence-electron chi connectivity index (χ0n) is 32.1. The van der Waals surface area contributed by atoms with Crippen LogP contribution in [-0.4, -0.2) is 56.0 Å². The first-order valence-corrected chi connectivity index (χ1v) is 19.8. The third-order valence-corrected chi connectivity index (χ3v) is 10.0. The molecular formula is C46H56BrClN2O4. The highest BCUT2D eigenvalue weighted by Gasteiger charge is 2.25. The predicted molar refractivity (Wildman–Crippen MR) is 229 cm³/mol. The van der Waals surface area contributed by atoms with Gasteiger partial charge in [-0.15, -0.1) is 12.4 Å². The summed E-state index contributed by atoms with van der Waals surface area (Å²) in [6, 6.07) is 35.3. The summed E-state index contributed by atoms with van der Waals surface area (Å²) >= 11 is 3.40. The molecule has 0 aromatic heterocycles. The van der Waals surface area contributed by atoms with Crippen LogP contribution in [-0.2, 0) is 31.9 Å². The first-order valence-electron chi connectivity index (χ1n) is 18.6. The summed E-state index contributed by atoms with van der Waals surface area (Å²) < 4.78 is 9.17. The molecule has 0 bridgehead atoms. The van der Waals surface area contributed by atoms with Crippen molar-refractivity contribution in [3.63, 3.8) is 0 Å². The fraction of sp³-hybridized carbons (Fsp3) is 0.348. The molecule has 54 heavy (non-hydrogen) atoms. The second-order valence-corrected chi connectivity index (χ2v) is 14.3. The number of nitrogens with one attached hydrogen (secondary N) is 1. The van der Waals surface area contributed by atoms with E-state index < -0.39 is 0 Å². The van der Waals surface area contributed by atoms with E-state index in [9.17, 15) is 9.59 Å². The predicted octanol–water partition coefficient (Wildman–Crippen LogP) is 10.2. The highest BCUT2D eigenvalue weighted by atomic mass is 79.9. The molecule has 4 aromatic carbocycles. The van der Waals surface area contributed by atoms with Crippen LogP contribution in [0.2, 0.25) is 0 Å². The summed E-state index contributed by atoms with van der Waals surface area (Å²) in [5.41, 5.74) is 10.2. The van der Waals surface area contributed by atoms with Crippen molar-refractivity contribution in [2.75, 3.05) is 39.2 Å². The Balaban J connectivity index is 0.000000240. The Kier molecular flexibility index (Phi) is 20.1. The number of rotatable bonds is 11. The second kappa shape index (κ2) is 24.4. The third kappa shape index (κ3) is 15.4. The van der Waals surface area contributed by atoms with Crippen LogP contribution in [0, 0.1) is 13.8 Å². The van der Waals surface area contributed by atoms with Crippen LogP contribution in [0.3, 0.4) is 0 Å². The maximum atomic E-state index is 11.2. The van der Waals surface area contributed by atoms with E-state index in [1.54, 1.807) is 12.2 Å². The van der Waals surface area contributed by atoms with E-state index in [1.807, 2.05) is 12.1 Å². The number of alkyl halides is 1. The van der Waals surface area contributed by atoms with Gasteiger partial charge >= 0.3 is 11.9 Å². The van der Waals surface area contributed by atoms with E-state index in [-0.39, 0.29) is 24.3 Å². The smallest absolute Gasteiger partial charge is 0.330 e. The van der Waals surface area contributed by atoms with Gasteiger partial charge < -0.3 is 14.8 Å². The molecule has 4 aromatic rings. The zero-order valence-corrected chi connectivity index (χ0v) is 34.5. The van der Waals surface area contributed by atoms with Gasteiger partial charge in [-0.1, -0.05) is 124 Å². The standard InChI is InChI=1S/C23H27NO2.C14H17NO2.C9H11Br.ClH/c1-18-5-7-20(8-6-18)15-17-24-16-3-4-22(24)21-12-9-19(10-13-21)11-14-23(25)26-2;1-17-14(16)9-6-11-4-7-12(8-5-11)13-3-2-10-15-13;1-8-2-4-9(5-3-8)6-7-10;/h5-14,22H,3-4,15-17H2,1-2H3;4-9,13,15H,2-3,10H2,1H3;2-5H,6-7H2,1H3;1H/b14-11+;9-6+;;/t22-;13-;;/m00../s1. The lowest BCUT2D eigenvalue weighted by molar-refractivity contribution is -0.135. The van der Waals surface area contributed by atoms with Crippen LogP contribution in [0.15, 0.2) is 109 Å². The van der Waals surface area contributed by atoms with Gasteiger partial charge in [0.05, 0.1) is 14.2 Å². The van der Waals surface area contributed by atoms with Crippen molar-refractivity contribution in [3.8, 4) is 0 Å². The van der Waals surface area contributed by atoms with Crippen molar-refractivity contribution >= 4 is 52.4 Å². The van der Waals surface area contributed by atoms with E-state index in [4.69, 9.17) is 0 Å². The van der Waals surface area contributed by atoms with Crippen LogP contribution < -0.4 is 5.32 Å². The molecule has 6 rings (SSSR count). The van der Waals surface area contributed by atoms with E-state index >= 15 is 0 Å². The minimum absolute atomic E-state index is 0. The van der Waals surface area contributed by atoms with Gasteiger partial charge in [0.1, 0.15) is 0 Å². The molecule has 0 radical (unpaired) electrons. The molecule has 0 saturated carbocycles. The monoisotopic (exact) mass is 814 g/mol. The molecule has 8 heteroatoms. The number of nitrogens with zero attached hydrogens (tertiary/aromatic N) is 1. The molecule has 2 saturated heterocycles. The zero-order chi connectivity index (χ0) is 37.8. The molecule has 6 nitrogen and oxygen atoms in total. The minimum atomic E-state index is -0.327. The average molecular weight is 816 g/mol. The molecule has 2 fully saturated rings.